The first-order chi connectivity index (χ1) is 30.2. The van der Waals surface area contributed by atoms with Gasteiger partial charge in [0.15, 0.2) is 27.5 Å². The summed E-state index contributed by atoms with van der Waals surface area (Å²) in [6, 6.07) is 10.5. The van der Waals surface area contributed by atoms with Crippen LogP contribution in [-0.2, 0) is 30.4 Å². The SMILES string of the molecule is COCOc1cc(-c2c([N+](=O)[O-])cc3c(N4CCC[C@@](C)(O[Si](C)(C)C(C)(C)C)C4)nc(OCC(F)(F)F)nc3c2F)c2c(CC(=O)N(C)S(=O)(=O)c3ccc(C)cc3)c(F)ccc2c1. The second-order valence-corrected chi connectivity index (χ2v) is 24.5. The van der Waals surface area contributed by atoms with Crippen molar-refractivity contribution in [2.24, 2.45) is 0 Å². The third-order valence-corrected chi connectivity index (χ3v) is 18.2. The molecule has 0 N–H and O–H groups in total. The third kappa shape index (κ3) is 10.3. The average Bonchev–Trinajstić information content (AvgIpc) is 3.21. The minimum Gasteiger partial charge on any atom is -0.468 e. The number of ether oxygens (including phenoxy) is 3. The number of likely N-dealkylation sites (N-methyl/N-ethyl adjacent to an activating group) is 1. The zero-order valence-corrected chi connectivity index (χ0v) is 39.2. The van der Waals surface area contributed by atoms with Gasteiger partial charge in [-0.2, -0.15) is 23.1 Å². The molecule has 21 heteroatoms. The summed E-state index contributed by atoms with van der Waals surface area (Å²) in [4.78, 5) is 35.9. The van der Waals surface area contributed by atoms with E-state index in [1.165, 1.54) is 43.5 Å². The van der Waals surface area contributed by atoms with E-state index < -0.39 is 99.5 Å². The number of anilines is 1. The van der Waals surface area contributed by atoms with Gasteiger partial charge >= 0.3 is 12.2 Å². The van der Waals surface area contributed by atoms with Crippen LogP contribution in [-0.4, -0.2) is 94.3 Å². The Morgan fingerprint density at radius 1 is 1.03 bits per heavy atom. The largest absolute Gasteiger partial charge is 0.468 e. The number of nitro benzene ring substituents is 1. The molecule has 6 rings (SSSR count). The molecule has 1 aliphatic heterocycles. The van der Waals surface area contributed by atoms with Gasteiger partial charge in [-0.05, 0) is 85.9 Å². The van der Waals surface area contributed by atoms with Crippen molar-refractivity contribution in [3.05, 3.63) is 87.5 Å². The number of halogens is 5. The zero-order valence-electron chi connectivity index (χ0n) is 37.4. The average molecular weight is 948 g/mol. The van der Waals surface area contributed by atoms with Crippen LogP contribution in [0.2, 0.25) is 18.1 Å². The summed E-state index contributed by atoms with van der Waals surface area (Å²) in [6.45, 7) is 12.1. The van der Waals surface area contributed by atoms with Crippen LogP contribution in [0.3, 0.4) is 0 Å². The van der Waals surface area contributed by atoms with Gasteiger partial charge in [-0.25, -0.2) is 21.5 Å². The summed E-state index contributed by atoms with van der Waals surface area (Å²) >= 11 is 0. The molecule has 1 atom stereocenters. The second kappa shape index (κ2) is 18.0. The van der Waals surface area contributed by atoms with E-state index in [1.807, 2.05) is 6.92 Å². The number of carbonyl (C=O) groups is 1. The standard InChI is InChI=1S/C44H50F5N5O9SSi/c1-26-11-14-29(15-12-26)64(58,59)52(6)35(55)22-30-33(45)16-13-27-19-28(62-25-60-7)20-31(36(27)30)37-34(54(56)57)21-32-39(38(37)46)50-41(61-24-44(47,48)49)51-40(32)53-18-10-17-43(5,23-53)63-65(8,9)42(2,3)4/h11-16,19-21H,10,17-18,22-25H2,1-9H3/t43-/m1/s1. The van der Waals surface area contributed by atoms with E-state index in [0.717, 1.165) is 30.8 Å². The Morgan fingerprint density at radius 2 is 1.71 bits per heavy atom. The monoisotopic (exact) mass is 947 g/mol. The van der Waals surface area contributed by atoms with Gasteiger partial charge in [0.05, 0.1) is 32.8 Å². The summed E-state index contributed by atoms with van der Waals surface area (Å²) in [6.07, 6.45) is -4.68. The van der Waals surface area contributed by atoms with Gasteiger partial charge in [0, 0.05) is 44.4 Å². The minimum absolute atomic E-state index is 0.0435. The molecule has 0 unspecified atom stereocenters. The fraction of sp³-hybridized carbons (Fsp3) is 0.432. The fourth-order valence-electron chi connectivity index (χ4n) is 7.60. The molecule has 0 aliphatic carbocycles. The van der Waals surface area contributed by atoms with E-state index >= 15 is 8.78 Å². The van der Waals surface area contributed by atoms with Crippen LogP contribution >= 0.6 is 0 Å². The maximum atomic E-state index is 17.8. The molecule has 1 saturated heterocycles. The highest BCUT2D eigenvalue weighted by molar-refractivity contribution is 7.89. The van der Waals surface area contributed by atoms with Crippen LogP contribution in [0.1, 0.15) is 51.7 Å². The molecular formula is C44H50F5N5O9SSi. The van der Waals surface area contributed by atoms with Crippen molar-refractivity contribution in [3.8, 4) is 22.9 Å². The lowest BCUT2D eigenvalue weighted by Gasteiger charge is -2.48. The van der Waals surface area contributed by atoms with E-state index in [4.69, 9.17) is 18.6 Å². The molecular weight excluding hydrogens is 898 g/mol. The number of aryl methyl sites for hydroxylation is 1. The smallest absolute Gasteiger partial charge is 0.422 e. The molecule has 14 nitrogen and oxygen atoms in total. The number of nitrogens with zero attached hydrogens (tertiary/aromatic N) is 5. The summed E-state index contributed by atoms with van der Waals surface area (Å²) < 4.78 is 125. The number of hydrogen-bond donors (Lipinski definition) is 0. The van der Waals surface area contributed by atoms with Crippen LogP contribution in [0.5, 0.6) is 11.8 Å². The lowest BCUT2D eigenvalue weighted by Crippen LogP contribution is -2.55. The van der Waals surface area contributed by atoms with Crippen molar-refractivity contribution in [2.45, 2.75) is 88.7 Å². The third-order valence-electron chi connectivity index (χ3n) is 11.8. The van der Waals surface area contributed by atoms with Crippen LogP contribution < -0.4 is 14.4 Å². The number of carbonyl (C=O) groups excluding carboxylic acids is 1. The molecule has 0 spiro atoms. The fourth-order valence-corrected chi connectivity index (χ4v) is 10.4. The van der Waals surface area contributed by atoms with E-state index in [-0.39, 0.29) is 57.5 Å². The van der Waals surface area contributed by atoms with Crippen molar-refractivity contribution < 1.29 is 58.7 Å². The number of aromatic nitrogens is 2. The number of hydrogen-bond acceptors (Lipinski definition) is 12. The first-order valence-electron chi connectivity index (χ1n) is 20.5. The number of piperidine rings is 1. The lowest BCUT2D eigenvalue weighted by atomic mass is 9.90. The Hall–Kier alpha value is -5.51. The van der Waals surface area contributed by atoms with Gasteiger partial charge in [0.2, 0.25) is 5.91 Å². The number of methoxy groups -OCH3 is 1. The normalized spacial score (nSPS) is 16.2. The van der Waals surface area contributed by atoms with Gasteiger partial charge in [-0.15, -0.1) is 0 Å². The van der Waals surface area contributed by atoms with E-state index in [2.05, 4.69) is 43.8 Å². The maximum Gasteiger partial charge on any atom is 0.422 e. The van der Waals surface area contributed by atoms with Gasteiger partial charge < -0.3 is 23.5 Å². The number of nitro groups is 1. The van der Waals surface area contributed by atoms with Crippen molar-refractivity contribution in [1.29, 1.82) is 0 Å². The number of sulfonamides is 1. The van der Waals surface area contributed by atoms with Crippen molar-refractivity contribution >= 4 is 57.4 Å². The molecule has 2 heterocycles. The van der Waals surface area contributed by atoms with Crippen molar-refractivity contribution in [3.63, 3.8) is 0 Å². The maximum absolute atomic E-state index is 17.8. The van der Waals surface area contributed by atoms with Crippen molar-refractivity contribution in [2.75, 3.05) is 45.5 Å². The van der Waals surface area contributed by atoms with Crippen LogP contribution in [0.25, 0.3) is 32.8 Å². The Morgan fingerprint density at radius 3 is 2.32 bits per heavy atom. The topological polar surface area (TPSA) is 164 Å². The molecule has 350 valence electrons. The molecule has 4 aromatic carbocycles. The highest BCUT2D eigenvalue weighted by Gasteiger charge is 2.45. The Labute approximate surface area is 374 Å². The lowest BCUT2D eigenvalue weighted by molar-refractivity contribution is -0.384. The Bertz CT molecular complexity index is 2770. The summed E-state index contributed by atoms with van der Waals surface area (Å²) in [5.74, 6) is -3.76. The second-order valence-electron chi connectivity index (χ2n) is 17.8. The predicted molar refractivity (Wildman–Crippen MR) is 236 cm³/mol. The highest BCUT2D eigenvalue weighted by atomic mass is 32.2. The van der Waals surface area contributed by atoms with Crippen LogP contribution in [0.15, 0.2) is 59.5 Å². The van der Waals surface area contributed by atoms with Gasteiger partial charge in [-0.3, -0.25) is 14.9 Å². The van der Waals surface area contributed by atoms with E-state index in [0.29, 0.717) is 17.1 Å². The molecule has 1 fully saturated rings. The molecule has 65 heavy (non-hydrogen) atoms. The molecule has 1 aliphatic rings. The van der Waals surface area contributed by atoms with Gasteiger partial charge in [-0.1, -0.05) is 44.5 Å². The molecule has 5 aromatic rings. The molecule has 1 aromatic heterocycles. The number of benzene rings is 4. The van der Waals surface area contributed by atoms with Crippen LogP contribution in [0.4, 0.5) is 33.5 Å². The molecule has 1 amide bonds. The highest BCUT2D eigenvalue weighted by Crippen LogP contribution is 2.47. The van der Waals surface area contributed by atoms with E-state index in [1.54, 1.807) is 11.8 Å². The summed E-state index contributed by atoms with van der Waals surface area (Å²) in [7, 11) is -4.56. The van der Waals surface area contributed by atoms with Crippen LogP contribution in [0, 0.1) is 28.7 Å². The summed E-state index contributed by atoms with van der Waals surface area (Å²) in [5.41, 5.74) is -3.26. The predicted octanol–water partition coefficient (Wildman–Crippen LogP) is 9.64. The molecule has 0 radical (unpaired) electrons. The first-order valence-corrected chi connectivity index (χ1v) is 24.8. The Balaban J connectivity index is 1.60. The summed E-state index contributed by atoms with van der Waals surface area (Å²) in [5, 5.41) is 12.6. The first kappa shape index (κ1) is 48.9. The number of alkyl halides is 3. The molecule has 0 saturated carbocycles. The molecule has 0 bridgehead atoms. The number of amides is 1. The number of rotatable bonds is 14. The Kier molecular flexibility index (Phi) is 13.6. The van der Waals surface area contributed by atoms with Crippen molar-refractivity contribution in [1.82, 2.24) is 14.3 Å². The quantitative estimate of drug-likeness (QED) is 0.0341. The van der Waals surface area contributed by atoms with E-state index in [9.17, 15) is 36.5 Å². The number of fused-ring (bicyclic) bond motifs is 2. The van der Waals surface area contributed by atoms with Gasteiger partial charge in [0.1, 0.15) is 22.9 Å². The van der Waals surface area contributed by atoms with Gasteiger partial charge in [0.25, 0.3) is 15.7 Å². The minimum atomic E-state index is -4.86. The zero-order chi connectivity index (χ0) is 48.0.